The van der Waals surface area contributed by atoms with E-state index in [0.717, 1.165) is 44.9 Å². The largest absolute Gasteiger partial charge is 0.480 e. The zero-order chi connectivity index (χ0) is 43.5. The first-order valence-electron chi connectivity index (χ1n) is 22.8. The number of hydrogen-bond donors (Lipinski definition) is 3. The Morgan fingerprint density at radius 1 is 0.525 bits per heavy atom. The summed E-state index contributed by atoms with van der Waals surface area (Å²) in [6, 6.07) is -1.53. The minimum atomic E-state index is -4.73. The molecule has 0 aliphatic carbocycles. The van der Waals surface area contributed by atoms with Gasteiger partial charge in [0.25, 0.3) is 0 Å². The van der Waals surface area contributed by atoms with Crippen molar-refractivity contribution in [3.05, 3.63) is 60.8 Å². The first-order chi connectivity index (χ1) is 28.6. The van der Waals surface area contributed by atoms with E-state index in [-0.39, 0.29) is 19.4 Å². The van der Waals surface area contributed by atoms with Crippen LogP contribution in [0.1, 0.15) is 187 Å². The molecule has 0 aliphatic rings. The zero-order valence-corrected chi connectivity index (χ0v) is 37.7. The van der Waals surface area contributed by atoms with Crippen molar-refractivity contribution in [3.8, 4) is 0 Å². The molecule has 0 radical (unpaired) electrons. The van der Waals surface area contributed by atoms with Crippen molar-refractivity contribution in [1.82, 2.24) is 0 Å². The van der Waals surface area contributed by atoms with E-state index >= 15 is 0 Å². The summed E-state index contributed by atoms with van der Waals surface area (Å²) in [6.45, 7) is 2.71. The Kier molecular flexibility index (Phi) is 39.9. The lowest BCUT2D eigenvalue weighted by Gasteiger charge is -2.20. The van der Waals surface area contributed by atoms with Gasteiger partial charge in [-0.25, -0.2) is 4.57 Å². The van der Waals surface area contributed by atoms with Crippen molar-refractivity contribution >= 4 is 25.7 Å². The van der Waals surface area contributed by atoms with Gasteiger partial charge < -0.3 is 25.2 Å². The molecule has 0 heterocycles. The van der Waals surface area contributed by atoms with Crippen molar-refractivity contribution in [2.75, 3.05) is 19.8 Å². The molecule has 0 aliphatic heterocycles. The number of carbonyl (C=O) groups is 3. The first kappa shape index (κ1) is 56.2. The summed E-state index contributed by atoms with van der Waals surface area (Å²) in [7, 11) is -4.73. The molecule has 3 atom stereocenters. The number of carbonyl (C=O) groups excluding carboxylic acids is 2. The monoisotopic (exact) mass is 852 g/mol. The quantitative estimate of drug-likeness (QED) is 0.0231. The van der Waals surface area contributed by atoms with E-state index < -0.39 is 51.1 Å². The average Bonchev–Trinajstić information content (AvgIpc) is 3.21. The van der Waals surface area contributed by atoms with Crippen LogP contribution in [0, 0.1) is 0 Å². The molecule has 0 bridgehead atoms. The van der Waals surface area contributed by atoms with E-state index in [0.29, 0.717) is 19.3 Å². The Bertz CT molecular complexity index is 1230. The molecule has 12 heteroatoms. The third-order valence-corrected chi connectivity index (χ3v) is 10.4. The highest BCUT2D eigenvalue weighted by molar-refractivity contribution is 7.47. The standard InChI is InChI=1S/C47H82NO10P/c1-3-5-7-9-11-13-15-17-19-21-23-24-26-28-30-32-34-36-38-45(49)55-40-43(41-56-59(53,54)57-42-44(48)47(51)52)58-46(50)39-37-35-33-31-29-27-25-22-20-18-16-14-12-10-8-6-4-2/h12,14-15,17-18,20,25,27,31,33,43-44H,3-11,13,16,19,21-24,26,28-30,32,34-42,48H2,1-2H3,(H,51,52)(H,53,54)/b14-12-,17-15-,20-18-,27-25-,33-31-/t43-,44+/m1/s1. The highest BCUT2D eigenvalue weighted by Gasteiger charge is 2.28. The van der Waals surface area contributed by atoms with Gasteiger partial charge in [-0.3, -0.25) is 23.4 Å². The molecular weight excluding hydrogens is 769 g/mol. The Morgan fingerprint density at radius 2 is 0.915 bits per heavy atom. The second kappa shape index (κ2) is 41.9. The highest BCUT2D eigenvalue weighted by atomic mass is 31.2. The number of phosphoric acid groups is 1. The normalized spacial score (nSPS) is 14.2. The average molecular weight is 852 g/mol. The SMILES string of the molecule is CCCCC/C=C\C/C=C\C/C=C\C/C=C\CCCC(=O)O[C@H](COC(=O)CCCCCCCCCCC/C=C\CCCCCCC)COP(=O)(O)OC[C@H](N)C(=O)O. The second-order valence-corrected chi connectivity index (χ2v) is 16.6. The lowest BCUT2D eigenvalue weighted by molar-refractivity contribution is -0.161. The number of carboxylic acids is 1. The molecule has 11 nitrogen and oxygen atoms in total. The molecule has 0 saturated carbocycles. The number of ether oxygens (including phenoxy) is 2. The summed E-state index contributed by atoms with van der Waals surface area (Å²) in [5, 5.41) is 8.89. The lowest BCUT2D eigenvalue weighted by Crippen LogP contribution is -2.34. The number of hydrogen-bond acceptors (Lipinski definition) is 9. The van der Waals surface area contributed by atoms with Gasteiger partial charge in [0.1, 0.15) is 12.6 Å². The van der Waals surface area contributed by atoms with Crippen LogP contribution in [-0.4, -0.2) is 59.9 Å². The Balaban J connectivity index is 4.42. The van der Waals surface area contributed by atoms with Gasteiger partial charge >= 0.3 is 25.7 Å². The maximum atomic E-state index is 12.6. The van der Waals surface area contributed by atoms with Gasteiger partial charge in [-0.05, 0) is 77.0 Å². The van der Waals surface area contributed by atoms with Crippen LogP contribution in [0.25, 0.3) is 0 Å². The number of phosphoric ester groups is 1. The summed E-state index contributed by atoms with van der Waals surface area (Å²) in [5.74, 6) is -2.46. The zero-order valence-electron chi connectivity index (χ0n) is 36.8. The van der Waals surface area contributed by atoms with Gasteiger partial charge in [0.15, 0.2) is 6.10 Å². The van der Waals surface area contributed by atoms with Crippen LogP contribution in [0.5, 0.6) is 0 Å². The Morgan fingerprint density at radius 3 is 1.44 bits per heavy atom. The van der Waals surface area contributed by atoms with Crippen LogP contribution in [0.2, 0.25) is 0 Å². The number of aliphatic carboxylic acids is 1. The molecule has 0 rings (SSSR count). The number of rotatable bonds is 42. The first-order valence-corrected chi connectivity index (χ1v) is 24.3. The van der Waals surface area contributed by atoms with Gasteiger partial charge in [0.2, 0.25) is 0 Å². The van der Waals surface area contributed by atoms with Crippen LogP contribution < -0.4 is 5.73 Å². The molecule has 1 unspecified atom stereocenters. The van der Waals surface area contributed by atoms with Crippen molar-refractivity contribution in [1.29, 1.82) is 0 Å². The van der Waals surface area contributed by atoms with Crippen molar-refractivity contribution < 1.29 is 47.5 Å². The summed E-state index contributed by atoms with van der Waals surface area (Å²) < 4.78 is 32.7. The molecule has 0 amide bonds. The van der Waals surface area contributed by atoms with E-state index in [1.807, 2.05) is 12.2 Å². The number of allylic oxidation sites excluding steroid dienone is 10. The fraction of sp³-hybridized carbons (Fsp3) is 0.723. The van der Waals surface area contributed by atoms with E-state index in [2.05, 4.69) is 67.0 Å². The summed E-state index contributed by atoms with van der Waals surface area (Å²) >= 11 is 0. The maximum absolute atomic E-state index is 12.6. The van der Waals surface area contributed by atoms with E-state index in [1.165, 1.54) is 96.3 Å². The molecule has 0 spiro atoms. The van der Waals surface area contributed by atoms with Crippen LogP contribution in [0.3, 0.4) is 0 Å². The molecular formula is C47H82NO10P. The number of nitrogens with two attached hydrogens (primary N) is 1. The van der Waals surface area contributed by atoms with Gasteiger partial charge in [0.05, 0.1) is 13.2 Å². The predicted molar refractivity (Wildman–Crippen MR) is 240 cm³/mol. The van der Waals surface area contributed by atoms with Crippen molar-refractivity contribution in [3.63, 3.8) is 0 Å². The molecule has 0 aromatic rings. The third-order valence-electron chi connectivity index (χ3n) is 9.49. The Hall–Kier alpha value is -2.82. The van der Waals surface area contributed by atoms with Gasteiger partial charge in [0, 0.05) is 12.8 Å². The van der Waals surface area contributed by atoms with Gasteiger partial charge in [-0.15, -0.1) is 0 Å². The molecule has 340 valence electrons. The van der Waals surface area contributed by atoms with Gasteiger partial charge in [-0.1, -0.05) is 158 Å². The van der Waals surface area contributed by atoms with Gasteiger partial charge in [-0.2, -0.15) is 0 Å². The van der Waals surface area contributed by atoms with Crippen LogP contribution in [0.4, 0.5) is 0 Å². The molecule has 0 aromatic carbocycles. The topological polar surface area (TPSA) is 172 Å². The second-order valence-electron chi connectivity index (χ2n) is 15.2. The molecule has 0 saturated heterocycles. The molecule has 59 heavy (non-hydrogen) atoms. The van der Waals surface area contributed by atoms with E-state index in [4.69, 9.17) is 24.8 Å². The van der Waals surface area contributed by atoms with Crippen LogP contribution in [0.15, 0.2) is 60.8 Å². The lowest BCUT2D eigenvalue weighted by atomic mass is 10.1. The van der Waals surface area contributed by atoms with E-state index in [1.54, 1.807) is 0 Å². The van der Waals surface area contributed by atoms with Crippen LogP contribution in [-0.2, 0) is 37.5 Å². The summed E-state index contributed by atoms with van der Waals surface area (Å²) in [6.07, 6.45) is 48.6. The smallest absolute Gasteiger partial charge is 0.472 e. The molecule has 4 N–H and O–H groups in total. The third kappa shape index (κ3) is 41.7. The fourth-order valence-electron chi connectivity index (χ4n) is 5.88. The Labute approximate surface area is 357 Å². The van der Waals surface area contributed by atoms with E-state index in [9.17, 15) is 23.8 Å². The highest BCUT2D eigenvalue weighted by Crippen LogP contribution is 2.43. The number of unbranched alkanes of at least 4 members (excludes halogenated alkanes) is 18. The van der Waals surface area contributed by atoms with Crippen molar-refractivity contribution in [2.45, 2.75) is 199 Å². The van der Waals surface area contributed by atoms with Crippen LogP contribution >= 0.6 is 7.82 Å². The predicted octanol–water partition coefficient (Wildman–Crippen LogP) is 12.3. The fourth-order valence-corrected chi connectivity index (χ4v) is 6.65. The molecule has 0 fully saturated rings. The minimum absolute atomic E-state index is 0.0832. The molecule has 0 aromatic heterocycles. The number of esters is 2. The van der Waals surface area contributed by atoms with Crippen molar-refractivity contribution in [2.24, 2.45) is 5.73 Å². The number of carboxylic acid groups (broad SMARTS) is 1. The maximum Gasteiger partial charge on any atom is 0.472 e. The summed E-state index contributed by atoms with van der Waals surface area (Å²) in [5.41, 5.74) is 5.33. The minimum Gasteiger partial charge on any atom is -0.480 e. The summed E-state index contributed by atoms with van der Waals surface area (Å²) in [4.78, 5) is 46.0.